The van der Waals surface area contributed by atoms with Gasteiger partial charge in [0.05, 0.1) is 25.9 Å². The van der Waals surface area contributed by atoms with Crippen LogP contribution in [-0.4, -0.2) is 49.9 Å². The Balaban J connectivity index is 1.65. The van der Waals surface area contributed by atoms with Crippen molar-refractivity contribution in [1.82, 2.24) is 4.90 Å². The number of anilines is 1. The lowest BCUT2D eigenvalue weighted by molar-refractivity contribution is -0.0555. The van der Waals surface area contributed by atoms with Crippen LogP contribution in [0.25, 0.3) is 11.1 Å². The first-order valence-electron chi connectivity index (χ1n) is 8.77. The molecule has 2 aromatic carbocycles. The average molecular weight is 375 g/mol. The molecule has 1 atom stereocenters. The highest BCUT2D eigenvalue weighted by atomic mass is 35.5. The minimum absolute atomic E-state index is 0.0766. The van der Waals surface area contributed by atoms with Gasteiger partial charge < -0.3 is 19.7 Å². The van der Waals surface area contributed by atoms with E-state index in [1.165, 1.54) is 0 Å². The highest BCUT2D eigenvalue weighted by molar-refractivity contribution is 6.30. The number of nitrogens with zero attached hydrogens (tertiary/aromatic N) is 1. The molecule has 1 aliphatic heterocycles. The normalized spacial score (nSPS) is 17.2. The molecule has 0 aliphatic carbocycles. The van der Waals surface area contributed by atoms with Gasteiger partial charge in [-0.2, -0.15) is 0 Å². The van der Waals surface area contributed by atoms with Crippen molar-refractivity contribution >= 4 is 23.3 Å². The van der Waals surface area contributed by atoms with Crippen molar-refractivity contribution in [2.45, 2.75) is 13.0 Å². The van der Waals surface area contributed by atoms with Gasteiger partial charge in [0.2, 0.25) is 0 Å². The number of ether oxygens (including phenoxy) is 2. The Morgan fingerprint density at radius 1 is 1.27 bits per heavy atom. The molecule has 1 aliphatic rings. The van der Waals surface area contributed by atoms with Gasteiger partial charge in [-0.25, -0.2) is 4.79 Å². The Hall–Kier alpha value is -2.08. The summed E-state index contributed by atoms with van der Waals surface area (Å²) in [6.45, 7) is 4.71. The van der Waals surface area contributed by atoms with E-state index in [4.69, 9.17) is 21.1 Å². The minimum Gasteiger partial charge on any atom is -0.379 e. The summed E-state index contributed by atoms with van der Waals surface area (Å²) in [5, 5.41) is 3.66. The second kappa shape index (κ2) is 9.03. The molecular formula is C20H23ClN2O3. The Kier molecular flexibility index (Phi) is 6.50. The van der Waals surface area contributed by atoms with Crippen LogP contribution in [0.2, 0.25) is 5.02 Å². The van der Waals surface area contributed by atoms with Gasteiger partial charge in [-0.3, -0.25) is 0 Å². The molecule has 1 saturated heterocycles. The van der Waals surface area contributed by atoms with Crippen molar-refractivity contribution in [3.8, 4) is 11.1 Å². The molecule has 138 valence electrons. The smallest absolute Gasteiger partial charge is 0.322 e. The Morgan fingerprint density at radius 2 is 2.04 bits per heavy atom. The van der Waals surface area contributed by atoms with Crippen LogP contribution in [0.4, 0.5) is 10.5 Å². The summed E-state index contributed by atoms with van der Waals surface area (Å²) in [5.41, 5.74) is 2.76. The van der Waals surface area contributed by atoms with Gasteiger partial charge >= 0.3 is 6.03 Å². The van der Waals surface area contributed by atoms with E-state index in [1.54, 1.807) is 4.90 Å². The molecule has 6 heteroatoms. The SMILES string of the molecule is CCOCC1CN(C(=O)Nc2cccc(-c3cccc(Cl)c3)c2)CCO1. The first-order chi connectivity index (χ1) is 12.7. The van der Waals surface area contributed by atoms with Gasteiger partial charge in [0.25, 0.3) is 0 Å². The summed E-state index contributed by atoms with van der Waals surface area (Å²) in [6, 6.07) is 15.3. The third-order valence-electron chi connectivity index (χ3n) is 4.21. The fourth-order valence-electron chi connectivity index (χ4n) is 2.90. The number of halogens is 1. The number of benzene rings is 2. The van der Waals surface area contributed by atoms with E-state index in [-0.39, 0.29) is 12.1 Å². The molecule has 1 N–H and O–H groups in total. The summed E-state index contributed by atoms with van der Waals surface area (Å²) in [5.74, 6) is 0. The highest BCUT2D eigenvalue weighted by Crippen LogP contribution is 2.25. The van der Waals surface area contributed by atoms with Gasteiger partial charge in [-0.05, 0) is 42.3 Å². The van der Waals surface area contributed by atoms with Crippen molar-refractivity contribution in [1.29, 1.82) is 0 Å². The number of morpholine rings is 1. The Bertz CT molecular complexity index is 753. The van der Waals surface area contributed by atoms with E-state index in [9.17, 15) is 4.79 Å². The number of carbonyl (C=O) groups excluding carboxylic acids is 1. The lowest BCUT2D eigenvalue weighted by Crippen LogP contribution is -2.48. The molecule has 0 spiro atoms. The van der Waals surface area contributed by atoms with E-state index < -0.39 is 0 Å². The zero-order valence-electron chi connectivity index (χ0n) is 14.8. The van der Waals surface area contributed by atoms with Crippen molar-refractivity contribution in [2.24, 2.45) is 0 Å². The van der Waals surface area contributed by atoms with Gasteiger partial charge in [0.15, 0.2) is 0 Å². The summed E-state index contributed by atoms with van der Waals surface area (Å²) >= 11 is 6.07. The molecule has 0 bridgehead atoms. The van der Waals surface area contributed by atoms with Gasteiger partial charge in [-0.1, -0.05) is 35.9 Å². The molecule has 5 nitrogen and oxygen atoms in total. The van der Waals surface area contributed by atoms with Crippen molar-refractivity contribution in [3.05, 3.63) is 53.6 Å². The fourth-order valence-corrected chi connectivity index (χ4v) is 3.09. The summed E-state index contributed by atoms with van der Waals surface area (Å²) in [4.78, 5) is 14.3. The number of hydrogen-bond donors (Lipinski definition) is 1. The number of amides is 2. The predicted molar refractivity (Wildman–Crippen MR) is 104 cm³/mol. The van der Waals surface area contributed by atoms with Gasteiger partial charge in [-0.15, -0.1) is 0 Å². The Labute approximate surface area is 158 Å². The van der Waals surface area contributed by atoms with Gasteiger partial charge in [0, 0.05) is 23.9 Å². The zero-order chi connectivity index (χ0) is 18.4. The quantitative estimate of drug-likeness (QED) is 0.850. The zero-order valence-corrected chi connectivity index (χ0v) is 15.5. The maximum absolute atomic E-state index is 12.6. The maximum atomic E-state index is 12.6. The van der Waals surface area contributed by atoms with E-state index in [0.29, 0.717) is 37.9 Å². The molecule has 0 aromatic heterocycles. The molecule has 2 aromatic rings. The largest absolute Gasteiger partial charge is 0.379 e. The monoisotopic (exact) mass is 374 g/mol. The molecule has 26 heavy (non-hydrogen) atoms. The number of nitrogens with one attached hydrogen (secondary N) is 1. The fraction of sp³-hybridized carbons (Fsp3) is 0.350. The first kappa shape index (κ1) is 18.7. The van der Waals surface area contributed by atoms with E-state index in [2.05, 4.69) is 5.32 Å². The van der Waals surface area contributed by atoms with Crippen LogP contribution in [0.3, 0.4) is 0 Å². The van der Waals surface area contributed by atoms with Crippen molar-refractivity contribution in [2.75, 3.05) is 38.2 Å². The first-order valence-corrected chi connectivity index (χ1v) is 9.15. The van der Waals surface area contributed by atoms with Crippen molar-refractivity contribution < 1.29 is 14.3 Å². The van der Waals surface area contributed by atoms with Crippen LogP contribution in [-0.2, 0) is 9.47 Å². The third kappa shape index (κ3) is 4.97. The van der Waals surface area contributed by atoms with Crippen LogP contribution in [0, 0.1) is 0 Å². The number of hydrogen-bond acceptors (Lipinski definition) is 3. The second-order valence-corrected chi connectivity index (χ2v) is 6.56. The molecule has 1 unspecified atom stereocenters. The van der Waals surface area contributed by atoms with Crippen LogP contribution in [0.15, 0.2) is 48.5 Å². The molecule has 2 amide bonds. The average Bonchev–Trinajstić information content (AvgIpc) is 2.67. The standard InChI is InChI=1S/C20H23ClN2O3/c1-2-25-14-19-13-23(9-10-26-19)20(24)22-18-8-4-6-16(12-18)15-5-3-7-17(21)11-15/h3-8,11-12,19H,2,9-10,13-14H2,1H3,(H,22,24). The molecule has 0 saturated carbocycles. The van der Waals surface area contributed by atoms with E-state index in [1.807, 2.05) is 55.5 Å². The lowest BCUT2D eigenvalue weighted by Gasteiger charge is -2.32. The van der Waals surface area contributed by atoms with Crippen LogP contribution in [0.5, 0.6) is 0 Å². The highest BCUT2D eigenvalue weighted by Gasteiger charge is 2.24. The molecule has 3 rings (SSSR count). The predicted octanol–water partition coefficient (Wildman–Crippen LogP) is 4.28. The van der Waals surface area contributed by atoms with E-state index >= 15 is 0 Å². The van der Waals surface area contributed by atoms with Crippen LogP contribution < -0.4 is 5.32 Å². The topological polar surface area (TPSA) is 50.8 Å². The molecule has 1 fully saturated rings. The molecule has 0 radical (unpaired) electrons. The van der Waals surface area contributed by atoms with Crippen LogP contribution >= 0.6 is 11.6 Å². The Morgan fingerprint density at radius 3 is 2.81 bits per heavy atom. The van der Waals surface area contributed by atoms with Crippen LogP contribution in [0.1, 0.15) is 6.92 Å². The van der Waals surface area contributed by atoms with Gasteiger partial charge in [0.1, 0.15) is 0 Å². The molecule has 1 heterocycles. The van der Waals surface area contributed by atoms with Crippen molar-refractivity contribution in [3.63, 3.8) is 0 Å². The molecular weight excluding hydrogens is 352 g/mol. The summed E-state index contributed by atoms with van der Waals surface area (Å²) in [6.07, 6.45) is -0.0766. The third-order valence-corrected chi connectivity index (χ3v) is 4.44. The number of carbonyl (C=O) groups is 1. The van der Waals surface area contributed by atoms with E-state index in [0.717, 1.165) is 16.8 Å². The number of urea groups is 1. The second-order valence-electron chi connectivity index (χ2n) is 6.12. The number of rotatable bonds is 5. The lowest BCUT2D eigenvalue weighted by atomic mass is 10.1. The summed E-state index contributed by atoms with van der Waals surface area (Å²) in [7, 11) is 0. The minimum atomic E-state index is -0.127. The summed E-state index contributed by atoms with van der Waals surface area (Å²) < 4.78 is 11.0. The maximum Gasteiger partial charge on any atom is 0.322 e.